The molecule has 0 bridgehead atoms. The van der Waals surface area contributed by atoms with Gasteiger partial charge in [0.1, 0.15) is 11.5 Å². The summed E-state index contributed by atoms with van der Waals surface area (Å²) in [7, 11) is -2.07. The van der Waals surface area contributed by atoms with Gasteiger partial charge >= 0.3 is 0 Å². The molecule has 0 spiro atoms. The summed E-state index contributed by atoms with van der Waals surface area (Å²) in [6, 6.07) is 11.9. The molecule has 0 unspecified atom stereocenters. The molecule has 2 aromatic carbocycles. The van der Waals surface area contributed by atoms with Gasteiger partial charge in [0.15, 0.2) is 0 Å². The van der Waals surface area contributed by atoms with E-state index < -0.39 is 10.0 Å². The summed E-state index contributed by atoms with van der Waals surface area (Å²) in [5.41, 5.74) is 0.851. The second-order valence-corrected chi connectivity index (χ2v) is 7.32. The quantitative estimate of drug-likeness (QED) is 0.775. The smallest absolute Gasteiger partial charge is 0.240 e. The molecule has 2 rings (SSSR count). The maximum atomic E-state index is 12.3. The number of halogens is 1. The first-order chi connectivity index (χ1) is 11.0. The Morgan fingerprint density at radius 2 is 1.83 bits per heavy atom. The van der Waals surface area contributed by atoms with Crippen molar-refractivity contribution in [2.45, 2.75) is 18.4 Å². The molecule has 0 saturated carbocycles. The largest absolute Gasteiger partial charge is 0.496 e. The van der Waals surface area contributed by atoms with Gasteiger partial charge < -0.3 is 9.47 Å². The third-order valence-electron chi connectivity index (χ3n) is 3.13. The van der Waals surface area contributed by atoms with Crippen molar-refractivity contribution in [1.29, 1.82) is 0 Å². The molecule has 7 heteroatoms. The molecule has 0 atom stereocenters. The van der Waals surface area contributed by atoms with E-state index in [0.717, 1.165) is 11.3 Å². The number of benzene rings is 2. The van der Waals surface area contributed by atoms with Crippen LogP contribution in [0.15, 0.2) is 51.8 Å². The van der Waals surface area contributed by atoms with E-state index >= 15 is 0 Å². The number of sulfonamides is 1. The van der Waals surface area contributed by atoms with E-state index in [4.69, 9.17) is 9.47 Å². The van der Waals surface area contributed by atoms with Crippen LogP contribution in [0.4, 0.5) is 0 Å². The lowest BCUT2D eigenvalue weighted by Crippen LogP contribution is -2.23. The monoisotopic (exact) mass is 399 g/mol. The maximum Gasteiger partial charge on any atom is 0.240 e. The zero-order valence-corrected chi connectivity index (χ0v) is 15.3. The Hall–Kier alpha value is -1.57. The normalized spacial score (nSPS) is 11.3. The van der Waals surface area contributed by atoms with E-state index in [1.807, 2.05) is 31.2 Å². The van der Waals surface area contributed by atoms with Gasteiger partial charge in [-0.05, 0) is 58.7 Å². The minimum Gasteiger partial charge on any atom is -0.496 e. The first-order valence-electron chi connectivity index (χ1n) is 7.01. The molecular formula is C16H18BrNO4S. The van der Waals surface area contributed by atoms with Crippen molar-refractivity contribution >= 4 is 26.0 Å². The summed E-state index contributed by atoms with van der Waals surface area (Å²) in [5.74, 6) is 1.34. The lowest BCUT2D eigenvalue weighted by Gasteiger charge is -2.10. The maximum absolute atomic E-state index is 12.3. The fourth-order valence-corrected chi connectivity index (χ4v) is 3.68. The van der Waals surface area contributed by atoms with E-state index in [-0.39, 0.29) is 11.4 Å². The number of hydrogen-bond acceptors (Lipinski definition) is 4. The molecule has 5 nitrogen and oxygen atoms in total. The molecule has 23 heavy (non-hydrogen) atoms. The van der Waals surface area contributed by atoms with Crippen molar-refractivity contribution in [2.75, 3.05) is 13.7 Å². The van der Waals surface area contributed by atoms with Crippen LogP contribution in [0.2, 0.25) is 0 Å². The third kappa shape index (κ3) is 4.70. The standard InChI is InChI=1S/C16H18BrNO4S/c1-3-22-13-6-4-12(5-7-13)11-18-23(19,20)14-8-9-16(21-2)15(17)10-14/h4-10,18H,3,11H2,1-2H3. The summed E-state index contributed by atoms with van der Waals surface area (Å²) in [4.78, 5) is 0.177. The van der Waals surface area contributed by atoms with Crippen LogP contribution in [0.25, 0.3) is 0 Å². The number of methoxy groups -OCH3 is 1. The Morgan fingerprint density at radius 1 is 1.13 bits per heavy atom. The summed E-state index contributed by atoms with van der Waals surface area (Å²) in [5, 5.41) is 0. The Bertz CT molecular complexity index is 760. The molecule has 1 N–H and O–H groups in total. The van der Waals surface area contributed by atoms with E-state index in [1.165, 1.54) is 19.2 Å². The van der Waals surface area contributed by atoms with Crippen LogP contribution in [0.1, 0.15) is 12.5 Å². The van der Waals surface area contributed by atoms with E-state index in [9.17, 15) is 8.42 Å². The number of ether oxygens (including phenoxy) is 2. The Labute approximate surface area is 144 Å². The predicted molar refractivity (Wildman–Crippen MR) is 92.3 cm³/mol. The van der Waals surface area contributed by atoms with Gasteiger partial charge in [0.2, 0.25) is 10.0 Å². The zero-order chi connectivity index (χ0) is 16.9. The van der Waals surface area contributed by atoms with Crippen LogP contribution in [0.3, 0.4) is 0 Å². The van der Waals surface area contributed by atoms with Crippen molar-refractivity contribution < 1.29 is 17.9 Å². The lowest BCUT2D eigenvalue weighted by molar-refractivity contribution is 0.340. The minimum atomic E-state index is -3.59. The fraction of sp³-hybridized carbons (Fsp3) is 0.250. The van der Waals surface area contributed by atoms with E-state index in [1.54, 1.807) is 6.07 Å². The summed E-state index contributed by atoms with van der Waals surface area (Å²) in [6.45, 7) is 2.71. The van der Waals surface area contributed by atoms with Crippen LogP contribution in [0.5, 0.6) is 11.5 Å². The van der Waals surface area contributed by atoms with E-state index in [2.05, 4.69) is 20.7 Å². The topological polar surface area (TPSA) is 64.6 Å². The first kappa shape index (κ1) is 17.8. The Morgan fingerprint density at radius 3 is 2.39 bits per heavy atom. The van der Waals surface area contributed by atoms with E-state index in [0.29, 0.717) is 16.8 Å². The SMILES string of the molecule is CCOc1ccc(CNS(=O)(=O)c2ccc(OC)c(Br)c2)cc1. The van der Waals surface area contributed by atoms with Crippen LogP contribution in [-0.2, 0) is 16.6 Å². The van der Waals surface area contributed by atoms with Crippen LogP contribution in [-0.4, -0.2) is 22.1 Å². The molecule has 0 aliphatic carbocycles. The highest BCUT2D eigenvalue weighted by Gasteiger charge is 2.15. The van der Waals surface area contributed by atoms with Gasteiger partial charge in [-0.15, -0.1) is 0 Å². The third-order valence-corrected chi connectivity index (χ3v) is 5.15. The van der Waals surface area contributed by atoms with Gasteiger partial charge in [0.05, 0.1) is 23.1 Å². The minimum absolute atomic E-state index is 0.177. The highest BCUT2D eigenvalue weighted by molar-refractivity contribution is 9.10. The van der Waals surface area contributed by atoms with Gasteiger partial charge in [-0.2, -0.15) is 0 Å². The molecule has 0 heterocycles. The van der Waals surface area contributed by atoms with Crippen molar-refractivity contribution in [3.05, 3.63) is 52.5 Å². The number of nitrogens with one attached hydrogen (secondary N) is 1. The van der Waals surface area contributed by atoms with Gasteiger partial charge in [0, 0.05) is 6.54 Å². The van der Waals surface area contributed by atoms with Crippen LogP contribution >= 0.6 is 15.9 Å². The molecule has 124 valence electrons. The average molecular weight is 400 g/mol. The van der Waals surface area contributed by atoms with Crippen molar-refractivity contribution in [3.8, 4) is 11.5 Å². The van der Waals surface area contributed by atoms with Gasteiger partial charge in [-0.25, -0.2) is 13.1 Å². The molecule has 0 aromatic heterocycles. The average Bonchev–Trinajstić information content (AvgIpc) is 2.54. The van der Waals surface area contributed by atoms with Crippen LogP contribution < -0.4 is 14.2 Å². The van der Waals surface area contributed by atoms with Gasteiger partial charge in [0.25, 0.3) is 0 Å². The van der Waals surface area contributed by atoms with Crippen molar-refractivity contribution in [2.24, 2.45) is 0 Å². The molecule has 2 aromatic rings. The molecule has 0 aliphatic heterocycles. The highest BCUT2D eigenvalue weighted by Crippen LogP contribution is 2.27. The Kier molecular flexibility index (Phi) is 6.04. The second kappa shape index (κ2) is 7.81. The molecule has 0 saturated heterocycles. The first-order valence-corrected chi connectivity index (χ1v) is 9.29. The van der Waals surface area contributed by atoms with Gasteiger partial charge in [-0.1, -0.05) is 12.1 Å². The zero-order valence-electron chi connectivity index (χ0n) is 12.9. The summed E-state index contributed by atoms with van der Waals surface area (Å²) >= 11 is 3.29. The lowest BCUT2D eigenvalue weighted by atomic mass is 10.2. The molecule has 0 radical (unpaired) electrons. The Balaban J connectivity index is 2.07. The molecular weight excluding hydrogens is 382 g/mol. The number of rotatable bonds is 7. The molecule has 0 fully saturated rings. The highest BCUT2D eigenvalue weighted by atomic mass is 79.9. The van der Waals surface area contributed by atoms with Crippen molar-refractivity contribution in [3.63, 3.8) is 0 Å². The molecule has 0 amide bonds. The van der Waals surface area contributed by atoms with Crippen LogP contribution in [0, 0.1) is 0 Å². The summed E-state index contributed by atoms with van der Waals surface area (Å²) in [6.07, 6.45) is 0. The van der Waals surface area contributed by atoms with Crippen molar-refractivity contribution in [1.82, 2.24) is 4.72 Å². The summed E-state index contributed by atoms with van der Waals surface area (Å²) < 4.78 is 38.3. The van der Waals surface area contributed by atoms with Gasteiger partial charge in [-0.3, -0.25) is 0 Å². The second-order valence-electron chi connectivity index (χ2n) is 4.70. The predicted octanol–water partition coefficient (Wildman–Crippen LogP) is 3.33. The molecule has 0 aliphatic rings. The number of hydrogen-bond donors (Lipinski definition) is 1. The fourth-order valence-electron chi connectivity index (χ4n) is 1.95.